The number of carbonyl (C=O) groups excluding carboxylic acids is 1. The van der Waals surface area contributed by atoms with Crippen LogP contribution in [0.1, 0.15) is 18.9 Å². The van der Waals surface area contributed by atoms with Crippen LogP contribution in [0.25, 0.3) is 0 Å². The van der Waals surface area contributed by atoms with Gasteiger partial charge in [-0.1, -0.05) is 19.1 Å². The number of hydrogen-bond donors (Lipinski definition) is 2. The van der Waals surface area contributed by atoms with Crippen LogP contribution < -0.4 is 10.6 Å². The Hall–Kier alpha value is -1.40. The summed E-state index contributed by atoms with van der Waals surface area (Å²) in [4.78, 5) is 11.7. The Morgan fingerprint density at radius 2 is 1.84 bits per heavy atom. The van der Waals surface area contributed by atoms with Gasteiger partial charge in [-0.3, -0.25) is 4.79 Å². The van der Waals surface area contributed by atoms with Crippen LogP contribution in [0.4, 0.5) is 0 Å². The second-order valence-electron chi connectivity index (χ2n) is 4.37. The Morgan fingerprint density at radius 1 is 1.21 bits per heavy atom. The van der Waals surface area contributed by atoms with Crippen molar-refractivity contribution < 1.29 is 13.2 Å². The highest BCUT2D eigenvalue weighted by Crippen LogP contribution is 2.09. The first-order valence-corrected chi connectivity index (χ1v) is 8.09. The van der Waals surface area contributed by atoms with Crippen molar-refractivity contribution in [3.8, 4) is 0 Å². The molecule has 1 aromatic carbocycles. The summed E-state index contributed by atoms with van der Waals surface area (Å²) in [5.41, 5.74) is 0.872. The number of benzene rings is 1. The normalized spacial score (nSPS) is 11.3. The zero-order valence-electron chi connectivity index (χ0n) is 11.3. The zero-order chi connectivity index (χ0) is 14.3. The van der Waals surface area contributed by atoms with Crippen molar-refractivity contribution >= 4 is 15.7 Å². The maximum Gasteiger partial charge on any atom is 0.234 e. The molecule has 0 aliphatic carbocycles. The predicted molar refractivity (Wildman–Crippen MR) is 74.6 cm³/mol. The number of amides is 1. The van der Waals surface area contributed by atoms with Gasteiger partial charge in [0.05, 0.1) is 11.4 Å². The maximum atomic E-state index is 11.4. The molecule has 0 aliphatic heterocycles. The second kappa shape index (κ2) is 7.25. The summed E-state index contributed by atoms with van der Waals surface area (Å²) in [6.45, 7) is 3.55. The minimum Gasteiger partial charge on any atom is -0.351 e. The molecule has 1 aromatic rings. The molecule has 0 saturated carbocycles. The minimum absolute atomic E-state index is 0.0689. The lowest BCUT2D eigenvalue weighted by atomic mass is 10.2. The van der Waals surface area contributed by atoms with Gasteiger partial charge in [-0.25, -0.2) is 8.42 Å². The summed E-state index contributed by atoms with van der Waals surface area (Å²) in [6.07, 6.45) is 2.16. The molecular weight excluding hydrogens is 264 g/mol. The molecule has 0 spiro atoms. The molecule has 0 atom stereocenters. The molecule has 0 aromatic heterocycles. The lowest BCUT2D eigenvalue weighted by Crippen LogP contribution is -2.33. The molecule has 0 aliphatic rings. The molecule has 1 rings (SSSR count). The van der Waals surface area contributed by atoms with E-state index in [9.17, 15) is 13.2 Å². The third kappa shape index (κ3) is 5.85. The van der Waals surface area contributed by atoms with Crippen molar-refractivity contribution in [2.24, 2.45) is 0 Å². The first-order chi connectivity index (χ1) is 8.93. The first-order valence-electron chi connectivity index (χ1n) is 6.20. The van der Waals surface area contributed by atoms with E-state index in [1.165, 1.54) is 6.26 Å². The zero-order valence-corrected chi connectivity index (χ0v) is 12.1. The molecule has 0 saturated heterocycles. The molecule has 6 heteroatoms. The molecule has 19 heavy (non-hydrogen) atoms. The topological polar surface area (TPSA) is 75.3 Å². The van der Waals surface area contributed by atoms with Crippen molar-refractivity contribution in [1.82, 2.24) is 10.6 Å². The van der Waals surface area contributed by atoms with E-state index in [1.807, 2.05) is 6.92 Å². The third-order valence-corrected chi connectivity index (χ3v) is 3.68. The van der Waals surface area contributed by atoms with Crippen LogP contribution in [0.2, 0.25) is 0 Å². The largest absolute Gasteiger partial charge is 0.351 e. The lowest BCUT2D eigenvalue weighted by Gasteiger charge is -2.06. The van der Waals surface area contributed by atoms with Crippen LogP contribution in [0, 0.1) is 0 Å². The van der Waals surface area contributed by atoms with Gasteiger partial charge < -0.3 is 10.6 Å². The Bertz CT molecular complexity index is 509. The van der Waals surface area contributed by atoms with Crippen LogP contribution in [0.3, 0.4) is 0 Å². The Kier molecular flexibility index (Phi) is 5.98. The Balaban J connectivity index is 2.44. The van der Waals surface area contributed by atoms with Crippen molar-refractivity contribution in [1.29, 1.82) is 0 Å². The van der Waals surface area contributed by atoms with E-state index in [0.717, 1.165) is 18.5 Å². The van der Waals surface area contributed by atoms with Crippen LogP contribution >= 0.6 is 0 Å². The fourth-order valence-corrected chi connectivity index (χ4v) is 2.13. The number of sulfone groups is 1. The Labute approximate surface area is 114 Å². The molecule has 5 nitrogen and oxygen atoms in total. The van der Waals surface area contributed by atoms with Gasteiger partial charge in [0, 0.05) is 12.8 Å². The highest BCUT2D eigenvalue weighted by Gasteiger charge is 2.06. The van der Waals surface area contributed by atoms with Gasteiger partial charge in [-0.15, -0.1) is 0 Å². The quantitative estimate of drug-likeness (QED) is 0.723. The molecule has 0 radical (unpaired) electrons. The molecule has 0 bridgehead atoms. The van der Waals surface area contributed by atoms with E-state index in [-0.39, 0.29) is 10.8 Å². The second-order valence-corrected chi connectivity index (χ2v) is 6.39. The molecule has 106 valence electrons. The standard InChI is InChI=1S/C13H20N2O3S/c1-3-8-14-10-13(16)15-9-11-4-6-12(7-5-11)19(2,17)18/h4-7,14H,3,8-10H2,1-2H3,(H,15,16). The van der Waals surface area contributed by atoms with Gasteiger partial charge in [0.25, 0.3) is 0 Å². The maximum absolute atomic E-state index is 11.4. The predicted octanol–water partition coefficient (Wildman–Crippen LogP) is 0.706. The summed E-state index contributed by atoms with van der Waals surface area (Å²) in [5.74, 6) is -0.0689. The van der Waals surface area contributed by atoms with Crippen LogP contribution in [0.5, 0.6) is 0 Å². The fraction of sp³-hybridized carbons (Fsp3) is 0.462. The fourth-order valence-electron chi connectivity index (χ4n) is 1.50. The highest BCUT2D eigenvalue weighted by atomic mass is 32.2. The summed E-state index contributed by atoms with van der Waals surface area (Å²) < 4.78 is 22.6. The van der Waals surface area contributed by atoms with Gasteiger partial charge in [0.15, 0.2) is 9.84 Å². The molecule has 0 heterocycles. The SMILES string of the molecule is CCCNCC(=O)NCc1ccc(S(C)(=O)=O)cc1. The first kappa shape index (κ1) is 15.7. The van der Waals surface area contributed by atoms with E-state index in [1.54, 1.807) is 24.3 Å². The highest BCUT2D eigenvalue weighted by molar-refractivity contribution is 7.90. The molecule has 0 fully saturated rings. The van der Waals surface area contributed by atoms with E-state index in [0.29, 0.717) is 13.1 Å². The molecule has 1 amide bonds. The van der Waals surface area contributed by atoms with Gasteiger partial charge in [0.2, 0.25) is 5.91 Å². The van der Waals surface area contributed by atoms with E-state index in [4.69, 9.17) is 0 Å². The van der Waals surface area contributed by atoms with Gasteiger partial charge in [-0.05, 0) is 30.7 Å². The number of nitrogens with one attached hydrogen (secondary N) is 2. The van der Waals surface area contributed by atoms with Crippen molar-refractivity contribution in [3.05, 3.63) is 29.8 Å². The van der Waals surface area contributed by atoms with Crippen LogP contribution in [0.15, 0.2) is 29.2 Å². The summed E-state index contributed by atoms with van der Waals surface area (Å²) in [7, 11) is -3.16. The lowest BCUT2D eigenvalue weighted by molar-refractivity contribution is -0.120. The van der Waals surface area contributed by atoms with E-state index < -0.39 is 9.84 Å². The number of carbonyl (C=O) groups is 1. The van der Waals surface area contributed by atoms with E-state index in [2.05, 4.69) is 10.6 Å². The van der Waals surface area contributed by atoms with E-state index >= 15 is 0 Å². The van der Waals surface area contributed by atoms with Gasteiger partial charge >= 0.3 is 0 Å². The van der Waals surface area contributed by atoms with Gasteiger partial charge in [0.1, 0.15) is 0 Å². The van der Waals surface area contributed by atoms with Crippen LogP contribution in [-0.4, -0.2) is 33.7 Å². The van der Waals surface area contributed by atoms with Crippen molar-refractivity contribution in [2.75, 3.05) is 19.3 Å². The average molecular weight is 284 g/mol. The summed E-state index contributed by atoms with van der Waals surface area (Å²) in [6, 6.07) is 6.50. The van der Waals surface area contributed by atoms with Crippen LogP contribution in [-0.2, 0) is 21.2 Å². The third-order valence-electron chi connectivity index (χ3n) is 2.55. The van der Waals surface area contributed by atoms with Crippen molar-refractivity contribution in [2.45, 2.75) is 24.8 Å². The monoisotopic (exact) mass is 284 g/mol. The smallest absolute Gasteiger partial charge is 0.234 e. The number of rotatable bonds is 7. The Morgan fingerprint density at radius 3 is 2.37 bits per heavy atom. The number of hydrogen-bond acceptors (Lipinski definition) is 4. The summed E-state index contributed by atoms with van der Waals surface area (Å²) >= 11 is 0. The average Bonchev–Trinajstić information content (AvgIpc) is 2.36. The van der Waals surface area contributed by atoms with Gasteiger partial charge in [-0.2, -0.15) is 0 Å². The molecule has 2 N–H and O–H groups in total. The molecular formula is C13H20N2O3S. The minimum atomic E-state index is -3.16. The summed E-state index contributed by atoms with van der Waals surface area (Å²) in [5, 5.41) is 5.77. The molecule has 0 unspecified atom stereocenters. The van der Waals surface area contributed by atoms with Crippen molar-refractivity contribution in [3.63, 3.8) is 0 Å².